The smallest absolute Gasteiger partial charge is 0.132 e. The number of aryl methyl sites for hydroxylation is 1. The Kier molecular flexibility index (Phi) is 3.89. The molecule has 0 saturated carbocycles. The highest BCUT2D eigenvalue weighted by atomic mass is 15.3. The van der Waals surface area contributed by atoms with Gasteiger partial charge in [-0.15, -0.1) is 10.2 Å². The quantitative estimate of drug-likeness (QED) is 0.733. The van der Waals surface area contributed by atoms with Gasteiger partial charge in [0.05, 0.1) is 0 Å². The maximum atomic E-state index is 5.44. The van der Waals surface area contributed by atoms with E-state index in [1.165, 1.54) is 0 Å². The molecule has 4 nitrogen and oxygen atoms in total. The van der Waals surface area contributed by atoms with Crippen molar-refractivity contribution in [3.63, 3.8) is 0 Å². The lowest BCUT2D eigenvalue weighted by Crippen LogP contribution is -2.09. The van der Waals surface area contributed by atoms with Crippen LogP contribution in [-0.2, 0) is 13.0 Å². The van der Waals surface area contributed by atoms with Gasteiger partial charge in [-0.1, -0.05) is 13.8 Å². The fraction of sp³-hybridized carbons (Fsp3) is 0.778. The van der Waals surface area contributed by atoms with Crippen molar-refractivity contribution < 1.29 is 0 Å². The predicted molar refractivity (Wildman–Crippen MR) is 52.2 cm³/mol. The van der Waals surface area contributed by atoms with Gasteiger partial charge in [0, 0.05) is 13.0 Å². The molecule has 0 saturated heterocycles. The standard InChI is InChI=1S/C9H18N4/c1-8(2)6-13-7-11-12-9(13)4-3-5-10/h7-8H,3-6,10H2,1-2H3. The van der Waals surface area contributed by atoms with Gasteiger partial charge in [0.15, 0.2) is 0 Å². The van der Waals surface area contributed by atoms with Gasteiger partial charge in [-0.25, -0.2) is 0 Å². The Bertz CT molecular complexity index is 242. The Balaban J connectivity index is 2.55. The van der Waals surface area contributed by atoms with Gasteiger partial charge in [-0.2, -0.15) is 0 Å². The van der Waals surface area contributed by atoms with Gasteiger partial charge in [-0.05, 0) is 18.9 Å². The molecule has 1 aromatic heterocycles. The summed E-state index contributed by atoms with van der Waals surface area (Å²) < 4.78 is 2.11. The summed E-state index contributed by atoms with van der Waals surface area (Å²) >= 11 is 0. The van der Waals surface area contributed by atoms with Crippen LogP contribution in [0.2, 0.25) is 0 Å². The molecule has 0 radical (unpaired) electrons. The molecule has 0 aromatic carbocycles. The van der Waals surface area contributed by atoms with Crippen LogP contribution in [0.1, 0.15) is 26.1 Å². The van der Waals surface area contributed by atoms with E-state index < -0.39 is 0 Å². The Morgan fingerprint density at radius 1 is 1.54 bits per heavy atom. The van der Waals surface area contributed by atoms with Crippen LogP contribution in [0.25, 0.3) is 0 Å². The van der Waals surface area contributed by atoms with Crippen LogP contribution >= 0.6 is 0 Å². The third kappa shape index (κ3) is 3.14. The zero-order valence-electron chi connectivity index (χ0n) is 8.40. The first kappa shape index (κ1) is 10.2. The SMILES string of the molecule is CC(C)Cn1cnnc1CCCN. The molecule has 0 aliphatic rings. The van der Waals surface area contributed by atoms with E-state index in [0.717, 1.165) is 25.2 Å². The fourth-order valence-corrected chi connectivity index (χ4v) is 1.28. The molecule has 0 aliphatic heterocycles. The van der Waals surface area contributed by atoms with Crippen LogP contribution in [0.5, 0.6) is 0 Å². The number of hydrogen-bond acceptors (Lipinski definition) is 3. The van der Waals surface area contributed by atoms with E-state index in [-0.39, 0.29) is 0 Å². The second kappa shape index (κ2) is 4.97. The van der Waals surface area contributed by atoms with E-state index in [2.05, 4.69) is 28.6 Å². The Hall–Kier alpha value is -0.900. The molecular formula is C9H18N4. The van der Waals surface area contributed by atoms with Crippen molar-refractivity contribution in [3.05, 3.63) is 12.2 Å². The summed E-state index contributed by atoms with van der Waals surface area (Å²) in [7, 11) is 0. The predicted octanol–water partition coefficient (Wildman–Crippen LogP) is 0.825. The molecule has 0 fully saturated rings. The highest BCUT2D eigenvalue weighted by Crippen LogP contribution is 2.03. The average molecular weight is 182 g/mol. The number of rotatable bonds is 5. The van der Waals surface area contributed by atoms with Crippen molar-refractivity contribution in [2.24, 2.45) is 11.7 Å². The first-order valence-corrected chi connectivity index (χ1v) is 4.80. The minimum Gasteiger partial charge on any atom is -0.330 e. The first-order valence-electron chi connectivity index (χ1n) is 4.80. The van der Waals surface area contributed by atoms with Crippen LogP contribution in [-0.4, -0.2) is 21.3 Å². The van der Waals surface area contributed by atoms with Gasteiger partial charge < -0.3 is 10.3 Å². The number of nitrogens with two attached hydrogens (primary N) is 1. The number of nitrogens with zero attached hydrogens (tertiary/aromatic N) is 3. The van der Waals surface area contributed by atoms with Crippen LogP contribution < -0.4 is 5.73 Å². The third-order valence-electron chi connectivity index (χ3n) is 1.86. The topological polar surface area (TPSA) is 56.7 Å². The van der Waals surface area contributed by atoms with E-state index in [0.29, 0.717) is 12.5 Å². The summed E-state index contributed by atoms with van der Waals surface area (Å²) in [6, 6.07) is 0. The molecule has 13 heavy (non-hydrogen) atoms. The molecule has 1 rings (SSSR count). The molecule has 0 unspecified atom stereocenters. The molecule has 1 heterocycles. The first-order chi connectivity index (χ1) is 6.24. The zero-order chi connectivity index (χ0) is 9.68. The Labute approximate surface area is 79.2 Å². The normalized spacial score (nSPS) is 11.1. The highest BCUT2D eigenvalue weighted by Gasteiger charge is 2.04. The van der Waals surface area contributed by atoms with E-state index in [4.69, 9.17) is 5.73 Å². The lowest BCUT2D eigenvalue weighted by molar-refractivity contribution is 0.504. The third-order valence-corrected chi connectivity index (χ3v) is 1.86. The monoisotopic (exact) mass is 182 g/mol. The maximum Gasteiger partial charge on any atom is 0.132 e. The molecule has 4 heteroatoms. The summed E-state index contributed by atoms with van der Waals surface area (Å²) in [5, 5.41) is 7.96. The highest BCUT2D eigenvalue weighted by molar-refractivity contribution is 4.86. The summed E-state index contributed by atoms with van der Waals surface area (Å²) in [6.45, 7) is 6.08. The zero-order valence-corrected chi connectivity index (χ0v) is 8.40. The van der Waals surface area contributed by atoms with Gasteiger partial charge >= 0.3 is 0 Å². The second-order valence-electron chi connectivity index (χ2n) is 3.69. The lowest BCUT2D eigenvalue weighted by atomic mass is 10.2. The minimum absolute atomic E-state index is 0.632. The van der Waals surface area contributed by atoms with E-state index in [1.807, 2.05) is 0 Å². The van der Waals surface area contributed by atoms with Crippen LogP contribution in [0.15, 0.2) is 6.33 Å². The molecule has 0 aliphatic carbocycles. The molecule has 74 valence electrons. The van der Waals surface area contributed by atoms with E-state index >= 15 is 0 Å². The van der Waals surface area contributed by atoms with Crippen molar-refractivity contribution in [3.8, 4) is 0 Å². The van der Waals surface area contributed by atoms with Crippen LogP contribution in [0.4, 0.5) is 0 Å². The number of hydrogen-bond donors (Lipinski definition) is 1. The molecule has 0 spiro atoms. The van der Waals surface area contributed by atoms with Crippen LogP contribution in [0, 0.1) is 5.92 Å². The Morgan fingerprint density at radius 2 is 2.31 bits per heavy atom. The van der Waals surface area contributed by atoms with Crippen LogP contribution in [0.3, 0.4) is 0 Å². The summed E-state index contributed by atoms with van der Waals surface area (Å²) in [4.78, 5) is 0. The summed E-state index contributed by atoms with van der Waals surface area (Å²) in [5.74, 6) is 1.69. The number of aromatic nitrogens is 3. The fourth-order valence-electron chi connectivity index (χ4n) is 1.28. The average Bonchev–Trinajstić information content (AvgIpc) is 2.48. The lowest BCUT2D eigenvalue weighted by Gasteiger charge is -2.08. The Morgan fingerprint density at radius 3 is 2.92 bits per heavy atom. The van der Waals surface area contributed by atoms with Gasteiger partial charge in [0.2, 0.25) is 0 Å². The second-order valence-corrected chi connectivity index (χ2v) is 3.69. The molecule has 0 amide bonds. The van der Waals surface area contributed by atoms with Crippen molar-refractivity contribution >= 4 is 0 Å². The van der Waals surface area contributed by atoms with Crippen molar-refractivity contribution in [2.45, 2.75) is 33.2 Å². The molecule has 2 N–H and O–H groups in total. The van der Waals surface area contributed by atoms with Gasteiger partial charge in [0.1, 0.15) is 12.2 Å². The summed E-state index contributed by atoms with van der Waals surface area (Å²) in [6.07, 6.45) is 3.71. The minimum atomic E-state index is 0.632. The van der Waals surface area contributed by atoms with Gasteiger partial charge in [0.25, 0.3) is 0 Å². The maximum absolute atomic E-state index is 5.44. The van der Waals surface area contributed by atoms with Crippen molar-refractivity contribution in [1.82, 2.24) is 14.8 Å². The molecule has 0 atom stereocenters. The largest absolute Gasteiger partial charge is 0.330 e. The van der Waals surface area contributed by atoms with E-state index in [1.54, 1.807) is 6.33 Å². The molecule has 0 bridgehead atoms. The molecule has 1 aromatic rings. The summed E-state index contributed by atoms with van der Waals surface area (Å²) in [5.41, 5.74) is 5.44. The van der Waals surface area contributed by atoms with E-state index in [9.17, 15) is 0 Å². The molecular weight excluding hydrogens is 164 g/mol. The van der Waals surface area contributed by atoms with Gasteiger partial charge in [-0.3, -0.25) is 0 Å². The van der Waals surface area contributed by atoms with Crippen molar-refractivity contribution in [1.29, 1.82) is 0 Å². The van der Waals surface area contributed by atoms with Crippen molar-refractivity contribution in [2.75, 3.05) is 6.54 Å².